The van der Waals surface area contributed by atoms with Crippen molar-refractivity contribution in [2.24, 2.45) is 10.8 Å². The van der Waals surface area contributed by atoms with Crippen LogP contribution in [0.1, 0.15) is 105 Å². The van der Waals surface area contributed by atoms with Gasteiger partial charge in [0, 0.05) is 45.1 Å². The minimum atomic E-state index is -0.194. The number of fused-ring (bicyclic) bond motifs is 4. The average Bonchev–Trinajstić information content (AvgIpc) is 4.05. The van der Waals surface area contributed by atoms with Crippen LogP contribution in [0.3, 0.4) is 0 Å². The summed E-state index contributed by atoms with van der Waals surface area (Å²) < 4.78 is 33.0. The van der Waals surface area contributed by atoms with Crippen LogP contribution in [-0.2, 0) is 23.7 Å². The maximum absolute atomic E-state index is 6.95. The van der Waals surface area contributed by atoms with Gasteiger partial charge in [-0.3, -0.25) is 9.97 Å². The van der Waals surface area contributed by atoms with E-state index in [0.29, 0.717) is 45.7 Å². The summed E-state index contributed by atoms with van der Waals surface area (Å²) in [5.41, 5.74) is 11.0. The van der Waals surface area contributed by atoms with Gasteiger partial charge in [-0.2, -0.15) is 0 Å². The highest BCUT2D eigenvalue weighted by Crippen LogP contribution is 2.43. The van der Waals surface area contributed by atoms with Crippen molar-refractivity contribution in [3.8, 4) is 57.1 Å². The molecule has 6 aromatic heterocycles. The van der Waals surface area contributed by atoms with E-state index in [-0.39, 0.29) is 21.7 Å². The third kappa shape index (κ3) is 9.17. The first-order chi connectivity index (χ1) is 31.6. The molecule has 0 aliphatic carbocycles. The van der Waals surface area contributed by atoms with Gasteiger partial charge < -0.3 is 22.4 Å². The van der Waals surface area contributed by atoms with Crippen molar-refractivity contribution in [2.45, 2.75) is 107 Å². The second-order valence-corrected chi connectivity index (χ2v) is 22.9. The van der Waals surface area contributed by atoms with Crippen LogP contribution >= 0.6 is 0 Å². The maximum atomic E-state index is 6.95. The fourth-order valence-electron chi connectivity index (χ4n) is 9.05. The smallest absolute Gasteiger partial charge is 0.170 e. The summed E-state index contributed by atoms with van der Waals surface area (Å²) in [6.45, 7) is 26.8. The van der Waals surface area contributed by atoms with Gasteiger partial charge in [-0.25, -0.2) is 0 Å². The minimum Gasteiger partial charge on any atom is -0.457 e. The van der Waals surface area contributed by atoms with Gasteiger partial charge in [0.05, 0.1) is 0 Å². The summed E-state index contributed by atoms with van der Waals surface area (Å²) >= 11 is 0. The van der Waals surface area contributed by atoms with Crippen molar-refractivity contribution < 1.29 is 22.4 Å². The predicted molar refractivity (Wildman–Crippen MR) is 273 cm³/mol. The van der Waals surface area contributed by atoms with Gasteiger partial charge >= 0.3 is 0 Å². The topological polar surface area (TPSA) is 87.6 Å². The number of rotatable bonds is 8. The van der Waals surface area contributed by atoms with E-state index in [0.717, 1.165) is 79.2 Å². The third-order valence-electron chi connectivity index (χ3n) is 12.3. The molecule has 7 heteroatoms. The predicted octanol–water partition coefficient (Wildman–Crippen LogP) is 17.7. The Balaban J connectivity index is 1.01. The lowest BCUT2D eigenvalue weighted by Gasteiger charge is -2.23. The van der Waals surface area contributed by atoms with Crippen LogP contribution in [0.25, 0.3) is 89.4 Å². The Morgan fingerprint density at radius 1 is 0.403 bits per heavy atom. The van der Waals surface area contributed by atoms with Gasteiger partial charge in [0.2, 0.25) is 0 Å². The molecule has 0 fully saturated rings. The van der Waals surface area contributed by atoms with E-state index in [9.17, 15) is 0 Å². The highest BCUT2D eigenvalue weighted by molar-refractivity contribution is 5.95. The molecule has 0 saturated heterocycles. The molecule has 0 aliphatic heterocycles. The van der Waals surface area contributed by atoms with Crippen molar-refractivity contribution in [3.05, 3.63) is 144 Å². The number of ether oxygens (including phenoxy) is 1. The molecule has 0 amide bonds. The minimum absolute atomic E-state index is 0.185. The zero-order valence-corrected chi connectivity index (χ0v) is 40.9. The number of pyridine rings is 2. The monoisotopic (exact) mass is 888 g/mol. The molecule has 0 unspecified atom stereocenters. The molecule has 7 nitrogen and oxygen atoms in total. The summed E-state index contributed by atoms with van der Waals surface area (Å²) in [7, 11) is 0. The third-order valence-corrected chi connectivity index (χ3v) is 12.3. The second kappa shape index (κ2) is 15.9. The molecule has 0 N–H and O–H groups in total. The fourth-order valence-corrected chi connectivity index (χ4v) is 9.05. The molecule has 4 aromatic carbocycles. The average molecular weight is 889 g/mol. The number of benzene rings is 4. The Bertz CT molecular complexity index is 3260. The number of nitrogens with zero attached hydrogens (tertiary/aromatic N) is 2. The Kier molecular flexibility index (Phi) is 10.4. The molecule has 340 valence electrons. The number of hydrogen-bond acceptors (Lipinski definition) is 7. The van der Waals surface area contributed by atoms with Crippen LogP contribution in [-0.4, -0.2) is 9.97 Å². The number of aromatic nitrogens is 2. The first-order valence-corrected chi connectivity index (χ1v) is 23.4. The summed E-state index contributed by atoms with van der Waals surface area (Å²) in [5.74, 6) is 4.06. The van der Waals surface area contributed by atoms with E-state index in [1.165, 1.54) is 11.1 Å². The first-order valence-electron chi connectivity index (χ1n) is 23.4. The summed E-state index contributed by atoms with van der Waals surface area (Å²) in [4.78, 5) is 9.84. The Hall–Kier alpha value is -6.86. The number of hydrogen-bond donors (Lipinski definition) is 0. The molecule has 0 aliphatic rings. The fraction of sp³-hybridized carbons (Fsp3) is 0.300. The van der Waals surface area contributed by atoms with Crippen molar-refractivity contribution in [1.29, 1.82) is 0 Å². The van der Waals surface area contributed by atoms with Gasteiger partial charge in [-0.05, 0) is 154 Å². The van der Waals surface area contributed by atoms with E-state index < -0.39 is 0 Å². The lowest BCUT2D eigenvalue weighted by molar-refractivity contribution is 0.411. The van der Waals surface area contributed by atoms with Gasteiger partial charge in [-0.1, -0.05) is 95.2 Å². The van der Waals surface area contributed by atoms with Crippen LogP contribution < -0.4 is 4.74 Å². The molecule has 0 saturated carbocycles. The Morgan fingerprint density at radius 3 is 1.18 bits per heavy atom. The molecule has 0 spiro atoms. The summed E-state index contributed by atoms with van der Waals surface area (Å²) in [6.07, 6.45) is 5.64. The molecule has 0 radical (unpaired) electrons. The largest absolute Gasteiger partial charge is 0.457 e. The SMILES string of the molecule is CC(C)(C)Cc1ccc2oc(-c3cc4ccnc(-c5cc(Oc6cc(-c7nccc8cc(-c9cc%10cc(CC(C)(C)C)ccc%10o9)oc78)cc(C(C)(C)C)c6)cc(C(C)(C)C)c5)c4o3)cc2c1. The van der Waals surface area contributed by atoms with Gasteiger partial charge in [-0.15, -0.1) is 0 Å². The standard InChI is InChI=1S/C60H60N2O5/c1-57(2,3)33-35-13-15-47-39(21-35)29-49(64-47)51-27-37-17-19-61-53(55(37)66-51)41-23-43(59(7,8)9)31-45(25-41)63-46-26-42(24-44(32-46)60(10,11)12)54-56-38(18-20-62-54)28-52(67-56)50-30-40-22-36(34-58(4,5)6)14-16-48(40)65-50/h13-32H,33-34H2,1-12H3. The van der Waals surface area contributed by atoms with Gasteiger partial charge in [0.1, 0.15) is 34.1 Å². The van der Waals surface area contributed by atoms with E-state index in [1.54, 1.807) is 0 Å². The van der Waals surface area contributed by atoms with E-state index >= 15 is 0 Å². The number of furan rings is 4. The molecule has 10 rings (SSSR count). The first kappa shape index (κ1) is 44.0. The highest BCUT2D eigenvalue weighted by Gasteiger charge is 2.24. The zero-order valence-electron chi connectivity index (χ0n) is 40.9. The molecule has 0 atom stereocenters. The Labute approximate surface area is 393 Å². The maximum Gasteiger partial charge on any atom is 0.170 e. The van der Waals surface area contributed by atoms with Crippen LogP contribution in [0.5, 0.6) is 11.5 Å². The lowest BCUT2D eigenvalue weighted by Crippen LogP contribution is -2.12. The van der Waals surface area contributed by atoms with Crippen LogP contribution in [0.2, 0.25) is 0 Å². The van der Waals surface area contributed by atoms with Gasteiger partial charge in [0.25, 0.3) is 0 Å². The van der Waals surface area contributed by atoms with Crippen LogP contribution in [0, 0.1) is 10.8 Å². The van der Waals surface area contributed by atoms with Crippen molar-refractivity contribution in [2.75, 3.05) is 0 Å². The summed E-state index contributed by atoms with van der Waals surface area (Å²) in [6, 6.07) is 37.8. The molecule has 10 aromatic rings. The molecular weight excluding hydrogens is 829 g/mol. The zero-order chi connectivity index (χ0) is 47.2. The molecule has 6 heterocycles. The summed E-state index contributed by atoms with van der Waals surface area (Å²) in [5, 5.41) is 3.99. The molecule has 67 heavy (non-hydrogen) atoms. The van der Waals surface area contributed by atoms with E-state index in [4.69, 9.17) is 32.4 Å². The van der Waals surface area contributed by atoms with Crippen molar-refractivity contribution in [1.82, 2.24) is 9.97 Å². The quantitative estimate of drug-likeness (QED) is 0.150. The van der Waals surface area contributed by atoms with E-state index in [1.807, 2.05) is 36.7 Å². The highest BCUT2D eigenvalue weighted by atomic mass is 16.5. The van der Waals surface area contributed by atoms with Crippen molar-refractivity contribution in [3.63, 3.8) is 0 Å². The normalized spacial score (nSPS) is 12.9. The van der Waals surface area contributed by atoms with E-state index in [2.05, 4.69) is 168 Å². The Morgan fingerprint density at radius 2 is 0.791 bits per heavy atom. The molecule has 0 bridgehead atoms. The van der Waals surface area contributed by atoms with Crippen LogP contribution in [0.15, 0.2) is 139 Å². The lowest BCUT2D eigenvalue weighted by atomic mass is 9.85. The molecular formula is C60H60N2O5. The second-order valence-electron chi connectivity index (χ2n) is 22.9. The van der Waals surface area contributed by atoms with Crippen molar-refractivity contribution >= 4 is 43.9 Å². The van der Waals surface area contributed by atoms with Crippen LogP contribution in [0.4, 0.5) is 0 Å². The van der Waals surface area contributed by atoms with Gasteiger partial charge in [0.15, 0.2) is 34.2 Å².